The molecule has 0 saturated carbocycles. The fourth-order valence-corrected chi connectivity index (χ4v) is 2.74. The molecule has 0 atom stereocenters. The Hall–Kier alpha value is -4.74. The summed E-state index contributed by atoms with van der Waals surface area (Å²) in [6.07, 6.45) is -3.17. The number of hydrogen-bond donors (Lipinski definition) is 2. The number of nitro benzene ring substituents is 1. The van der Waals surface area contributed by atoms with E-state index in [4.69, 9.17) is 4.74 Å². The van der Waals surface area contributed by atoms with E-state index in [0.717, 1.165) is 18.2 Å². The molecule has 0 unspecified atom stereocenters. The number of halogens is 3. The maximum absolute atomic E-state index is 12.7. The van der Waals surface area contributed by atoms with E-state index in [1.165, 1.54) is 48.7 Å². The molecule has 0 spiro atoms. The van der Waals surface area contributed by atoms with Gasteiger partial charge in [-0.25, -0.2) is 10.2 Å². The molecule has 1 amide bonds. The number of esters is 1. The number of amides is 1. The van der Waals surface area contributed by atoms with Crippen molar-refractivity contribution in [1.29, 1.82) is 0 Å². The van der Waals surface area contributed by atoms with Gasteiger partial charge in [0.05, 0.1) is 28.8 Å². The minimum absolute atomic E-state index is 0.0197. The monoisotopic (exact) mass is 486 g/mol. The number of hydrogen-bond acceptors (Lipinski definition) is 7. The zero-order valence-electron chi connectivity index (χ0n) is 17.8. The van der Waals surface area contributed by atoms with Crippen LogP contribution in [-0.2, 0) is 11.0 Å². The molecular weight excluding hydrogens is 469 g/mol. The van der Waals surface area contributed by atoms with Gasteiger partial charge in [0.2, 0.25) is 0 Å². The van der Waals surface area contributed by atoms with Gasteiger partial charge in [0.25, 0.3) is 11.6 Å². The van der Waals surface area contributed by atoms with Gasteiger partial charge in [-0.15, -0.1) is 0 Å². The standard InChI is InChI=1S/C23H17F3N4O5/c24-23(25,26)17-4-2-5-18(12-17)27-14-21(31)29-28-13-15-7-9-20(10-8-15)35-22(32)16-3-1-6-19(11-16)30(33)34/h1-13,27H,14H2,(H,29,31). The molecule has 12 heteroatoms. The topological polar surface area (TPSA) is 123 Å². The quantitative estimate of drug-likeness (QED) is 0.160. The van der Waals surface area contributed by atoms with E-state index in [-0.39, 0.29) is 29.2 Å². The number of carbonyl (C=O) groups excluding carboxylic acids is 2. The summed E-state index contributed by atoms with van der Waals surface area (Å²) in [6.45, 7) is -0.300. The molecule has 2 N–H and O–H groups in total. The van der Waals surface area contributed by atoms with Crippen molar-refractivity contribution in [2.75, 3.05) is 11.9 Å². The van der Waals surface area contributed by atoms with Gasteiger partial charge < -0.3 is 10.1 Å². The predicted molar refractivity (Wildman–Crippen MR) is 120 cm³/mol. The Balaban J connectivity index is 1.49. The zero-order valence-corrected chi connectivity index (χ0v) is 17.8. The number of benzene rings is 3. The average molecular weight is 486 g/mol. The van der Waals surface area contributed by atoms with Gasteiger partial charge in [0, 0.05) is 17.8 Å². The lowest BCUT2D eigenvalue weighted by Crippen LogP contribution is -2.26. The van der Waals surface area contributed by atoms with Crippen LogP contribution in [0.1, 0.15) is 21.5 Å². The fourth-order valence-electron chi connectivity index (χ4n) is 2.74. The van der Waals surface area contributed by atoms with Crippen LogP contribution in [0.3, 0.4) is 0 Å². The highest BCUT2D eigenvalue weighted by Gasteiger charge is 2.30. The maximum atomic E-state index is 12.7. The molecule has 0 aliphatic heterocycles. The molecule has 0 aliphatic rings. The largest absolute Gasteiger partial charge is 0.423 e. The highest BCUT2D eigenvalue weighted by atomic mass is 19.4. The number of nitrogens with zero attached hydrogens (tertiary/aromatic N) is 2. The molecule has 0 heterocycles. The summed E-state index contributed by atoms with van der Waals surface area (Å²) < 4.78 is 43.4. The smallest absolute Gasteiger partial charge is 0.416 e. The van der Waals surface area contributed by atoms with Gasteiger partial charge in [-0.2, -0.15) is 18.3 Å². The average Bonchev–Trinajstić information content (AvgIpc) is 2.83. The van der Waals surface area contributed by atoms with E-state index in [1.54, 1.807) is 12.1 Å². The van der Waals surface area contributed by atoms with Crippen LogP contribution in [0.4, 0.5) is 24.5 Å². The van der Waals surface area contributed by atoms with E-state index < -0.39 is 28.5 Å². The molecule has 3 aromatic rings. The minimum Gasteiger partial charge on any atom is -0.423 e. The Labute approximate surface area is 196 Å². The van der Waals surface area contributed by atoms with Crippen LogP contribution >= 0.6 is 0 Å². The maximum Gasteiger partial charge on any atom is 0.416 e. The van der Waals surface area contributed by atoms with Crippen molar-refractivity contribution in [1.82, 2.24) is 5.43 Å². The Kier molecular flexibility index (Phi) is 7.77. The van der Waals surface area contributed by atoms with Crippen LogP contribution < -0.4 is 15.5 Å². The van der Waals surface area contributed by atoms with Gasteiger partial charge >= 0.3 is 12.1 Å². The summed E-state index contributed by atoms with van der Waals surface area (Å²) in [4.78, 5) is 34.2. The second-order valence-corrected chi connectivity index (χ2v) is 6.99. The van der Waals surface area contributed by atoms with Crippen molar-refractivity contribution in [3.05, 3.63) is 99.6 Å². The molecule has 35 heavy (non-hydrogen) atoms. The van der Waals surface area contributed by atoms with Crippen molar-refractivity contribution >= 4 is 29.5 Å². The number of rotatable bonds is 8. The Morgan fingerprint density at radius 2 is 1.74 bits per heavy atom. The second-order valence-electron chi connectivity index (χ2n) is 6.99. The molecule has 0 fully saturated rings. The summed E-state index contributed by atoms with van der Waals surface area (Å²) in [7, 11) is 0. The third kappa shape index (κ3) is 7.39. The molecule has 0 aliphatic carbocycles. The summed E-state index contributed by atoms with van der Waals surface area (Å²) in [5.74, 6) is -1.16. The highest BCUT2D eigenvalue weighted by Crippen LogP contribution is 2.30. The van der Waals surface area contributed by atoms with Crippen LogP contribution in [0, 0.1) is 10.1 Å². The van der Waals surface area contributed by atoms with Gasteiger partial charge in [-0.05, 0) is 54.1 Å². The first-order valence-corrected chi connectivity index (χ1v) is 9.91. The Morgan fingerprint density at radius 3 is 2.43 bits per heavy atom. The zero-order chi connectivity index (χ0) is 25.4. The van der Waals surface area contributed by atoms with Gasteiger partial charge in [0.1, 0.15) is 5.75 Å². The first-order chi connectivity index (χ1) is 16.6. The number of ether oxygens (including phenoxy) is 1. The van der Waals surface area contributed by atoms with Crippen LogP contribution in [0.15, 0.2) is 77.9 Å². The van der Waals surface area contributed by atoms with E-state index in [0.29, 0.717) is 5.56 Å². The molecule has 3 rings (SSSR count). The van der Waals surface area contributed by atoms with Crippen LogP contribution in [0.2, 0.25) is 0 Å². The van der Waals surface area contributed by atoms with E-state index in [9.17, 15) is 32.9 Å². The number of carbonyl (C=O) groups is 2. The first-order valence-electron chi connectivity index (χ1n) is 9.91. The normalized spacial score (nSPS) is 11.2. The molecule has 0 aromatic heterocycles. The number of alkyl halides is 3. The van der Waals surface area contributed by atoms with Crippen LogP contribution in [0.5, 0.6) is 5.75 Å². The fraction of sp³-hybridized carbons (Fsp3) is 0.0870. The molecule has 3 aromatic carbocycles. The van der Waals surface area contributed by atoms with Crippen molar-refractivity contribution in [2.24, 2.45) is 5.10 Å². The highest BCUT2D eigenvalue weighted by molar-refractivity contribution is 5.92. The second kappa shape index (κ2) is 10.9. The van der Waals surface area contributed by atoms with Gasteiger partial charge in [-0.3, -0.25) is 14.9 Å². The number of anilines is 1. The first kappa shape index (κ1) is 24.9. The Morgan fingerprint density at radius 1 is 1.03 bits per heavy atom. The summed E-state index contributed by atoms with van der Waals surface area (Å²) >= 11 is 0. The minimum atomic E-state index is -4.49. The lowest BCUT2D eigenvalue weighted by Gasteiger charge is -2.10. The Bertz CT molecular complexity index is 1260. The van der Waals surface area contributed by atoms with Crippen molar-refractivity contribution < 1.29 is 32.4 Å². The van der Waals surface area contributed by atoms with Crippen molar-refractivity contribution in [2.45, 2.75) is 6.18 Å². The molecule has 0 radical (unpaired) electrons. The van der Waals surface area contributed by atoms with Crippen molar-refractivity contribution in [3.8, 4) is 5.75 Å². The molecule has 9 nitrogen and oxygen atoms in total. The summed E-state index contributed by atoms with van der Waals surface area (Å²) in [5, 5.41) is 17.2. The predicted octanol–water partition coefficient (Wildman–Crippen LogP) is 4.40. The molecule has 0 bridgehead atoms. The lowest BCUT2D eigenvalue weighted by molar-refractivity contribution is -0.384. The van der Waals surface area contributed by atoms with Crippen LogP contribution in [0.25, 0.3) is 0 Å². The summed E-state index contributed by atoms with van der Waals surface area (Å²) in [5.41, 5.74) is 1.86. The third-order valence-electron chi connectivity index (χ3n) is 4.43. The van der Waals surface area contributed by atoms with Gasteiger partial charge in [0.15, 0.2) is 0 Å². The number of nitrogens with one attached hydrogen (secondary N) is 2. The summed E-state index contributed by atoms with van der Waals surface area (Å²) in [6, 6.07) is 15.6. The molecule has 0 saturated heterocycles. The van der Waals surface area contributed by atoms with Crippen molar-refractivity contribution in [3.63, 3.8) is 0 Å². The van der Waals surface area contributed by atoms with E-state index in [2.05, 4.69) is 15.8 Å². The van der Waals surface area contributed by atoms with Gasteiger partial charge in [-0.1, -0.05) is 12.1 Å². The van der Waals surface area contributed by atoms with Crippen LogP contribution in [-0.4, -0.2) is 29.6 Å². The molecular formula is C23H17F3N4O5. The third-order valence-corrected chi connectivity index (χ3v) is 4.43. The SMILES string of the molecule is O=C(CNc1cccc(C(F)(F)F)c1)NN=Cc1ccc(OC(=O)c2cccc([N+](=O)[O-])c2)cc1. The molecule has 180 valence electrons. The van der Waals surface area contributed by atoms with E-state index in [1.807, 2.05) is 0 Å². The van der Waals surface area contributed by atoms with E-state index >= 15 is 0 Å². The lowest BCUT2D eigenvalue weighted by atomic mass is 10.2. The number of nitro groups is 1. The number of non-ortho nitro benzene ring substituents is 1. The number of hydrazone groups is 1.